The standard InChI is InChI=1S/C12H15F3N2O4/c1-19-8-4-7(5-9(20-2)10(8)21-3)17-11(18)16-6-12(13,14)15/h4-5H,6H2,1-3H3,(H2,16,17,18). The summed E-state index contributed by atoms with van der Waals surface area (Å²) >= 11 is 0. The van der Waals surface area contributed by atoms with Crippen LogP contribution < -0.4 is 24.8 Å². The highest BCUT2D eigenvalue weighted by molar-refractivity contribution is 5.90. The largest absolute Gasteiger partial charge is 0.493 e. The lowest BCUT2D eigenvalue weighted by molar-refractivity contribution is -0.122. The van der Waals surface area contributed by atoms with Crippen LogP contribution in [0.25, 0.3) is 0 Å². The van der Waals surface area contributed by atoms with Gasteiger partial charge in [-0.1, -0.05) is 0 Å². The summed E-state index contributed by atoms with van der Waals surface area (Å²) in [6.07, 6.45) is -4.48. The molecule has 0 bridgehead atoms. The molecule has 0 saturated carbocycles. The van der Waals surface area contributed by atoms with Crippen molar-refractivity contribution in [3.05, 3.63) is 12.1 Å². The van der Waals surface area contributed by atoms with E-state index in [4.69, 9.17) is 14.2 Å². The topological polar surface area (TPSA) is 68.8 Å². The third-order valence-electron chi connectivity index (χ3n) is 2.37. The van der Waals surface area contributed by atoms with E-state index in [1.54, 1.807) is 5.32 Å². The van der Waals surface area contributed by atoms with E-state index in [9.17, 15) is 18.0 Å². The van der Waals surface area contributed by atoms with Gasteiger partial charge in [-0.15, -0.1) is 0 Å². The molecule has 2 amide bonds. The Kier molecular flexibility index (Phi) is 5.51. The minimum absolute atomic E-state index is 0.198. The first-order valence-corrected chi connectivity index (χ1v) is 5.72. The van der Waals surface area contributed by atoms with Crippen molar-refractivity contribution in [1.29, 1.82) is 0 Å². The van der Waals surface area contributed by atoms with E-state index in [-0.39, 0.29) is 17.2 Å². The summed E-state index contributed by atoms with van der Waals surface area (Å²) in [5.74, 6) is 0.840. The summed E-state index contributed by atoms with van der Waals surface area (Å²) < 4.78 is 51.2. The Morgan fingerprint density at radius 3 is 2.00 bits per heavy atom. The molecule has 0 aliphatic rings. The highest BCUT2D eigenvalue weighted by Gasteiger charge is 2.27. The maximum atomic E-state index is 12.0. The number of rotatable bonds is 5. The molecule has 1 aromatic carbocycles. The Hall–Kier alpha value is -2.32. The number of halogens is 3. The molecule has 0 heterocycles. The van der Waals surface area contributed by atoms with Crippen molar-refractivity contribution < 1.29 is 32.2 Å². The number of hydrogen-bond acceptors (Lipinski definition) is 4. The average Bonchev–Trinajstić information content (AvgIpc) is 2.43. The molecule has 0 unspecified atom stereocenters. The zero-order valence-corrected chi connectivity index (χ0v) is 11.6. The van der Waals surface area contributed by atoms with E-state index in [0.717, 1.165) is 0 Å². The molecule has 6 nitrogen and oxygen atoms in total. The van der Waals surface area contributed by atoms with Crippen LogP contribution in [-0.4, -0.2) is 40.1 Å². The molecule has 21 heavy (non-hydrogen) atoms. The SMILES string of the molecule is COc1cc(NC(=O)NCC(F)(F)F)cc(OC)c1OC. The lowest BCUT2D eigenvalue weighted by Gasteiger charge is -2.15. The molecule has 0 fully saturated rings. The highest BCUT2D eigenvalue weighted by atomic mass is 19.4. The molecule has 0 aliphatic heterocycles. The second-order valence-electron chi connectivity index (χ2n) is 3.84. The second kappa shape index (κ2) is 6.91. The van der Waals surface area contributed by atoms with Crippen LogP contribution in [0.15, 0.2) is 12.1 Å². The maximum absolute atomic E-state index is 12.0. The fourth-order valence-corrected chi connectivity index (χ4v) is 1.51. The molecule has 1 aromatic rings. The number of benzene rings is 1. The molecule has 0 aromatic heterocycles. The van der Waals surface area contributed by atoms with Crippen molar-refractivity contribution in [3.8, 4) is 17.2 Å². The quantitative estimate of drug-likeness (QED) is 0.876. The van der Waals surface area contributed by atoms with E-state index < -0.39 is 18.8 Å². The van der Waals surface area contributed by atoms with Crippen LogP contribution in [0, 0.1) is 0 Å². The van der Waals surface area contributed by atoms with Gasteiger partial charge < -0.3 is 24.8 Å². The highest BCUT2D eigenvalue weighted by Crippen LogP contribution is 2.39. The molecule has 0 saturated heterocycles. The fraction of sp³-hybridized carbons (Fsp3) is 0.417. The Labute approximate surface area is 119 Å². The Morgan fingerprint density at radius 2 is 1.62 bits per heavy atom. The van der Waals surface area contributed by atoms with Gasteiger partial charge in [0.2, 0.25) is 5.75 Å². The van der Waals surface area contributed by atoms with Crippen molar-refractivity contribution in [2.24, 2.45) is 0 Å². The molecule has 118 valence electrons. The number of urea groups is 1. The summed E-state index contributed by atoms with van der Waals surface area (Å²) in [4.78, 5) is 11.4. The maximum Gasteiger partial charge on any atom is 0.405 e. The number of hydrogen-bond donors (Lipinski definition) is 2. The van der Waals surface area contributed by atoms with E-state index >= 15 is 0 Å². The van der Waals surface area contributed by atoms with E-state index in [2.05, 4.69) is 5.32 Å². The number of carbonyl (C=O) groups excluding carboxylic acids is 1. The van der Waals surface area contributed by atoms with Crippen molar-refractivity contribution in [1.82, 2.24) is 5.32 Å². The smallest absolute Gasteiger partial charge is 0.405 e. The van der Waals surface area contributed by atoms with Gasteiger partial charge in [0.15, 0.2) is 11.5 Å². The molecule has 0 aliphatic carbocycles. The van der Waals surface area contributed by atoms with E-state index in [0.29, 0.717) is 5.75 Å². The number of carbonyl (C=O) groups is 1. The molecular weight excluding hydrogens is 293 g/mol. The number of alkyl halides is 3. The number of methoxy groups -OCH3 is 3. The molecule has 0 spiro atoms. The summed E-state index contributed by atoms with van der Waals surface area (Å²) in [5.41, 5.74) is 0.198. The van der Waals surface area contributed by atoms with Gasteiger partial charge in [0.1, 0.15) is 6.54 Å². The Morgan fingerprint density at radius 1 is 1.10 bits per heavy atom. The molecule has 0 radical (unpaired) electrons. The number of ether oxygens (including phenoxy) is 3. The van der Waals surface area contributed by atoms with E-state index in [1.807, 2.05) is 0 Å². The predicted octanol–water partition coefficient (Wildman–Crippen LogP) is 2.40. The molecule has 9 heteroatoms. The van der Waals surface area contributed by atoms with Crippen LogP contribution >= 0.6 is 0 Å². The van der Waals surface area contributed by atoms with Crippen molar-refractivity contribution >= 4 is 11.7 Å². The summed E-state index contributed by atoms with van der Waals surface area (Å²) in [5, 5.41) is 3.94. The molecular formula is C12H15F3N2O4. The van der Waals surface area contributed by atoms with Gasteiger partial charge >= 0.3 is 12.2 Å². The third kappa shape index (κ3) is 4.93. The lowest BCUT2D eigenvalue weighted by Crippen LogP contribution is -2.36. The Bertz CT molecular complexity index is 481. The van der Waals surface area contributed by atoms with Crippen LogP contribution in [0.3, 0.4) is 0 Å². The number of amides is 2. The summed E-state index contributed by atoms with van der Waals surface area (Å²) in [7, 11) is 4.17. The Balaban J connectivity index is 2.86. The number of anilines is 1. The zero-order chi connectivity index (χ0) is 16.0. The first kappa shape index (κ1) is 16.7. The normalized spacial score (nSPS) is 10.8. The van der Waals surface area contributed by atoms with Crippen LogP contribution in [0.1, 0.15) is 0 Å². The van der Waals surface area contributed by atoms with Crippen LogP contribution in [0.5, 0.6) is 17.2 Å². The van der Waals surface area contributed by atoms with Gasteiger partial charge in [-0.3, -0.25) is 0 Å². The molecule has 1 rings (SSSR count). The first-order chi connectivity index (χ1) is 9.80. The van der Waals surface area contributed by atoms with Crippen LogP contribution in [0.2, 0.25) is 0 Å². The van der Waals surface area contributed by atoms with Crippen molar-refractivity contribution in [2.75, 3.05) is 33.2 Å². The van der Waals surface area contributed by atoms with E-state index in [1.165, 1.54) is 33.5 Å². The summed E-state index contributed by atoms with van der Waals surface area (Å²) in [6.45, 7) is -1.43. The van der Waals surface area contributed by atoms with Crippen LogP contribution in [-0.2, 0) is 0 Å². The molecule has 0 atom stereocenters. The first-order valence-electron chi connectivity index (χ1n) is 5.72. The zero-order valence-electron chi connectivity index (χ0n) is 11.6. The van der Waals surface area contributed by atoms with Crippen LogP contribution in [0.4, 0.5) is 23.7 Å². The van der Waals surface area contributed by atoms with Gasteiger partial charge in [-0.2, -0.15) is 13.2 Å². The van der Waals surface area contributed by atoms with Gasteiger partial charge in [0.05, 0.1) is 27.0 Å². The fourth-order valence-electron chi connectivity index (χ4n) is 1.51. The van der Waals surface area contributed by atoms with Gasteiger partial charge in [-0.25, -0.2) is 4.79 Å². The summed E-state index contributed by atoms with van der Waals surface area (Å²) in [6, 6.07) is 1.80. The third-order valence-corrected chi connectivity index (χ3v) is 2.37. The second-order valence-corrected chi connectivity index (χ2v) is 3.84. The minimum Gasteiger partial charge on any atom is -0.493 e. The molecule has 2 N–H and O–H groups in total. The van der Waals surface area contributed by atoms with Gasteiger partial charge in [0.25, 0.3) is 0 Å². The van der Waals surface area contributed by atoms with Gasteiger partial charge in [-0.05, 0) is 0 Å². The van der Waals surface area contributed by atoms with Crippen molar-refractivity contribution in [3.63, 3.8) is 0 Å². The van der Waals surface area contributed by atoms with Gasteiger partial charge in [0, 0.05) is 12.1 Å². The lowest BCUT2D eigenvalue weighted by atomic mass is 10.2. The van der Waals surface area contributed by atoms with Crippen molar-refractivity contribution in [2.45, 2.75) is 6.18 Å². The average molecular weight is 308 g/mol. The predicted molar refractivity (Wildman–Crippen MR) is 69.2 cm³/mol. The number of nitrogens with one attached hydrogen (secondary N) is 2. The monoisotopic (exact) mass is 308 g/mol. The minimum atomic E-state index is -4.48.